The molecule has 0 aromatic carbocycles. The van der Waals surface area contributed by atoms with Gasteiger partial charge in [0.15, 0.2) is 0 Å². The van der Waals surface area contributed by atoms with Crippen LogP contribution < -0.4 is 0 Å². The van der Waals surface area contributed by atoms with Crippen LogP contribution in [0.1, 0.15) is 18.5 Å². The van der Waals surface area contributed by atoms with E-state index in [1.54, 1.807) is 6.20 Å². The largest absolute Gasteiger partial charge is 0.368 e. The highest BCUT2D eigenvalue weighted by Gasteiger charge is 2.38. The van der Waals surface area contributed by atoms with Crippen LogP contribution >= 0.6 is 0 Å². The van der Waals surface area contributed by atoms with E-state index in [-0.39, 0.29) is 0 Å². The minimum atomic E-state index is -0.475. The first-order chi connectivity index (χ1) is 9.20. The maximum Gasteiger partial charge on any atom is 0.104 e. The summed E-state index contributed by atoms with van der Waals surface area (Å²) >= 11 is 0. The number of aromatic nitrogens is 2. The minimum Gasteiger partial charge on any atom is -0.368 e. The first kappa shape index (κ1) is 13.5. The Balaban J connectivity index is 2.05. The van der Waals surface area contributed by atoms with Gasteiger partial charge in [0.2, 0.25) is 0 Å². The highest BCUT2D eigenvalue weighted by molar-refractivity contribution is 5.26. The molecule has 1 aromatic rings. The van der Waals surface area contributed by atoms with Gasteiger partial charge < -0.3 is 4.90 Å². The summed E-state index contributed by atoms with van der Waals surface area (Å²) in [6.45, 7) is 6.38. The Hall–Kier alpha value is -1.93. The van der Waals surface area contributed by atoms with Crippen LogP contribution in [0.15, 0.2) is 31.1 Å². The SMILES string of the molecule is C=CN(C)CN1CCC(C#N)(c2cccnn2)CC1. The van der Waals surface area contributed by atoms with E-state index in [1.807, 2.05) is 30.3 Å². The third-order valence-electron chi connectivity index (χ3n) is 3.72. The Morgan fingerprint density at radius 2 is 2.32 bits per heavy atom. The Kier molecular flexibility index (Phi) is 4.13. The van der Waals surface area contributed by atoms with Gasteiger partial charge in [-0.3, -0.25) is 4.90 Å². The van der Waals surface area contributed by atoms with Gasteiger partial charge in [-0.15, -0.1) is 0 Å². The number of piperidine rings is 1. The fourth-order valence-corrected chi connectivity index (χ4v) is 2.43. The van der Waals surface area contributed by atoms with Crippen LogP contribution in [0.25, 0.3) is 0 Å². The molecule has 0 saturated carbocycles. The zero-order valence-electron chi connectivity index (χ0n) is 11.3. The van der Waals surface area contributed by atoms with E-state index < -0.39 is 5.41 Å². The Morgan fingerprint density at radius 3 is 2.84 bits per heavy atom. The summed E-state index contributed by atoms with van der Waals surface area (Å²) in [5.74, 6) is 0. The first-order valence-electron chi connectivity index (χ1n) is 6.45. The van der Waals surface area contributed by atoms with Gasteiger partial charge in [-0.05, 0) is 31.2 Å². The van der Waals surface area contributed by atoms with Crippen molar-refractivity contribution in [1.29, 1.82) is 5.26 Å². The van der Waals surface area contributed by atoms with Crippen molar-refractivity contribution in [2.24, 2.45) is 0 Å². The molecular weight excluding hydrogens is 238 g/mol. The predicted octanol–water partition coefficient (Wildman–Crippen LogP) is 1.37. The molecule has 0 N–H and O–H groups in total. The van der Waals surface area contributed by atoms with Crippen molar-refractivity contribution >= 4 is 0 Å². The predicted molar refractivity (Wildman–Crippen MR) is 73.0 cm³/mol. The molecule has 1 aliphatic rings. The fraction of sp³-hybridized carbons (Fsp3) is 0.500. The van der Waals surface area contributed by atoms with Crippen molar-refractivity contribution in [2.45, 2.75) is 18.3 Å². The fourth-order valence-electron chi connectivity index (χ4n) is 2.43. The van der Waals surface area contributed by atoms with Crippen LogP contribution in [0.4, 0.5) is 0 Å². The van der Waals surface area contributed by atoms with Crippen molar-refractivity contribution in [3.05, 3.63) is 36.8 Å². The Morgan fingerprint density at radius 1 is 1.58 bits per heavy atom. The summed E-state index contributed by atoms with van der Waals surface area (Å²) in [4.78, 5) is 4.37. The summed E-state index contributed by atoms with van der Waals surface area (Å²) in [5, 5.41) is 17.6. The van der Waals surface area contributed by atoms with E-state index in [0.717, 1.165) is 38.3 Å². The third-order valence-corrected chi connectivity index (χ3v) is 3.72. The molecule has 0 atom stereocenters. The van der Waals surface area contributed by atoms with Gasteiger partial charge >= 0.3 is 0 Å². The quantitative estimate of drug-likeness (QED) is 0.815. The van der Waals surface area contributed by atoms with Crippen molar-refractivity contribution in [3.8, 4) is 6.07 Å². The van der Waals surface area contributed by atoms with Crippen LogP contribution in [0.2, 0.25) is 0 Å². The van der Waals surface area contributed by atoms with Crippen molar-refractivity contribution in [3.63, 3.8) is 0 Å². The lowest BCUT2D eigenvalue weighted by molar-refractivity contribution is 0.134. The van der Waals surface area contributed by atoms with Gasteiger partial charge in [0.25, 0.3) is 0 Å². The zero-order valence-corrected chi connectivity index (χ0v) is 11.3. The van der Waals surface area contributed by atoms with Crippen LogP contribution in [0.3, 0.4) is 0 Å². The molecule has 5 heteroatoms. The van der Waals surface area contributed by atoms with Crippen LogP contribution in [0, 0.1) is 11.3 Å². The van der Waals surface area contributed by atoms with Gasteiger partial charge in [0.05, 0.1) is 18.4 Å². The van der Waals surface area contributed by atoms with Crippen LogP contribution in [-0.4, -0.2) is 46.8 Å². The lowest BCUT2D eigenvalue weighted by atomic mass is 9.77. The van der Waals surface area contributed by atoms with Gasteiger partial charge in [-0.2, -0.15) is 15.5 Å². The molecule has 100 valence electrons. The van der Waals surface area contributed by atoms with Crippen LogP contribution in [0.5, 0.6) is 0 Å². The molecule has 5 nitrogen and oxygen atoms in total. The standard InChI is InChI=1S/C14H19N5/c1-3-18(2)12-19-9-6-14(11-15,7-10-19)13-5-4-8-16-17-13/h3-5,8H,1,6-7,9-10,12H2,2H3. The van der Waals surface area contributed by atoms with E-state index in [9.17, 15) is 5.26 Å². The van der Waals surface area contributed by atoms with Crippen molar-refractivity contribution < 1.29 is 0 Å². The summed E-state index contributed by atoms with van der Waals surface area (Å²) in [6, 6.07) is 6.21. The van der Waals surface area contributed by atoms with E-state index in [0.29, 0.717) is 0 Å². The average Bonchev–Trinajstić information content (AvgIpc) is 2.49. The van der Waals surface area contributed by atoms with Gasteiger partial charge in [0.1, 0.15) is 5.41 Å². The average molecular weight is 257 g/mol. The Labute approximate surface area is 114 Å². The first-order valence-corrected chi connectivity index (χ1v) is 6.45. The normalized spacial score (nSPS) is 18.5. The second-order valence-electron chi connectivity index (χ2n) is 5.00. The lowest BCUT2D eigenvalue weighted by Crippen LogP contribution is -2.45. The molecule has 1 saturated heterocycles. The Bertz CT molecular complexity index is 456. The maximum atomic E-state index is 9.55. The number of nitriles is 1. The number of likely N-dealkylation sites (tertiary alicyclic amines) is 1. The summed E-state index contributed by atoms with van der Waals surface area (Å²) < 4.78 is 0. The van der Waals surface area contributed by atoms with Crippen molar-refractivity contribution in [1.82, 2.24) is 20.0 Å². The number of rotatable bonds is 4. The molecular formula is C14H19N5. The second-order valence-corrected chi connectivity index (χ2v) is 5.00. The summed E-state index contributed by atoms with van der Waals surface area (Å²) in [6.07, 6.45) is 5.05. The van der Waals surface area contributed by atoms with Gasteiger partial charge in [-0.25, -0.2) is 0 Å². The van der Waals surface area contributed by atoms with Gasteiger partial charge in [0, 0.05) is 26.3 Å². The maximum absolute atomic E-state index is 9.55. The molecule has 1 fully saturated rings. The van der Waals surface area contributed by atoms with Crippen LogP contribution in [-0.2, 0) is 5.41 Å². The lowest BCUT2D eigenvalue weighted by Gasteiger charge is -2.37. The molecule has 2 rings (SSSR count). The van der Waals surface area contributed by atoms with Crippen molar-refractivity contribution in [2.75, 3.05) is 26.8 Å². The number of hydrogen-bond donors (Lipinski definition) is 0. The summed E-state index contributed by atoms with van der Waals surface area (Å²) in [7, 11) is 2.00. The van der Waals surface area contributed by atoms with E-state index in [1.165, 1.54) is 0 Å². The molecule has 0 aliphatic carbocycles. The molecule has 0 unspecified atom stereocenters. The molecule has 1 aliphatic heterocycles. The minimum absolute atomic E-state index is 0.475. The number of hydrogen-bond acceptors (Lipinski definition) is 5. The number of nitrogens with zero attached hydrogens (tertiary/aromatic N) is 5. The molecule has 0 bridgehead atoms. The van der Waals surface area contributed by atoms with E-state index >= 15 is 0 Å². The molecule has 19 heavy (non-hydrogen) atoms. The molecule has 1 aromatic heterocycles. The highest BCUT2D eigenvalue weighted by atomic mass is 15.3. The smallest absolute Gasteiger partial charge is 0.104 e. The topological polar surface area (TPSA) is 56.0 Å². The van der Waals surface area contributed by atoms with Gasteiger partial charge in [-0.1, -0.05) is 6.58 Å². The monoisotopic (exact) mass is 257 g/mol. The zero-order chi connectivity index (χ0) is 13.7. The summed E-state index contributed by atoms with van der Waals surface area (Å²) in [5.41, 5.74) is 0.326. The highest BCUT2D eigenvalue weighted by Crippen LogP contribution is 2.33. The van der Waals surface area contributed by atoms with E-state index in [2.05, 4.69) is 27.7 Å². The molecule has 0 amide bonds. The third kappa shape index (κ3) is 2.91. The molecule has 0 spiro atoms. The molecule has 2 heterocycles. The molecule has 0 radical (unpaired) electrons. The van der Waals surface area contributed by atoms with E-state index in [4.69, 9.17) is 0 Å². The second kappa shape index (κ2) is 5.81.